The first-order chi connectivity index (χ1) is 3.29. The number of rotatable bonds is 0. The third-order valence-electron chi connectivity index (χ3n) is 1.33. The SMILES string of the molecule is C[C@@H]1C=C[C@@H](C)[NH2+]1. The first-order valence-corrected chi connectivity index (χ1v) is 2.82. The smallest absolute Gasteiger partial charge is 0.102 e. The van der Waals surface area contributed by atoms with Gasteiger partial charge in [-0.1, -0.05) is 0 Å². The minimum Gasteiger partial charge on any atom is -0.335 e. The highest BCUT2D eigenvalue weighted by atomic mass is 14.9. The van der Waals surface area contributed by atoms with E-state index in [1.54, 1.807) is 0 Å². The van der Waals surface area contributed by atoms with Crippen molar-refractivity contribution in [3.05, 3.63) is 12.2 Å². The van der Waals surface area contributed by atoms with Gasteiger partial charge in [-0.15, -0.1) is 0 Å². The summed E-state index contributed by atoms with van der Waals surface area (Å²) in [6, 6.07) is 1.44. The molecule has 0 bridgehead atoms. The van der Waals surface area contributed by atoms with E-state index in [1.807, 2.05) is 0 Å². The van der Waals surface area contributed by atoms with Gasteiger partial charge in [0.1, 0.15) is 12.1 Å². The van der Waals surface area contributed by atoms with Crippen molar-refractivity contribution < 1.29 is 5.32 Å². The summed E-state index contributed by atoms with van der Waals surface area (Å²) < 4.78 is 0. The third-order valence-corrected chi connectivity index (χ3v) is 1.33. The second-order valence-corrected chi connectivity index (χ2v) is 2.30. The van der Waals surface area contributed by atoms with Crippen LogP contribution in [0.2, 0.25) is 0 Å². The van der Waals surface area contributed by atoms with Crippen LogP contribution in [0.1, 0.15) is 13.8 Å². The number of nitrogens with two attached hydrogens (primary N) is 1. The van der Waals surface area contributed by atoms with E-state index >= 15 is 0 Å². The lowest BCUT2D eigenvalue weighted by Gasteiger charge is -1.99. The molecule has 2 atom stereocenters. The lowest BCUT2D eigenvalue weighted by atomic mass is 10.4. The molecule has 2 N–H and O–H groups in total. The van der Waals surface area contributed by atoms with Gasteiger partial charge < -0.3 is 5.32 Å². The van der Waals surface area contributed by atoms with Crippen molar-refractivity contribution in [1.82, 2.24) is 0 Å². The van der Waals surface area contributed by atoms with E-state index in [1.165, 1.54) is 0 Å². The molecule has 0 aromatic carbocycles. The van der Waals surface area contributed by atoms with Gasteiger partial charge in [0.2, 0.25) is 0 Å². The molecule has 0 saturated heterocycles. The van der Waals surface area contributed by atoms with E-state index < -0.39 is 0 Å². The molecular weight excluding hydrogens is 86.1 g/mol. The van der Waals surface area contributed by atoms with Crippen LogP contribution in [0.15, 0.2) is 12.2 Å². The molecule has 0 aromatic heterocycles. The van der Waals surface area contributed by atoms with Gasteiger partial charge in [-0.3, -0.25) is 0 Å². The molecule has 1 nitrogen and oxygen atoms in total. The minimum atomic E-state index is 0.718. The first kappa shape index (κ1) is 4.85. The molecule has 0 spiro atoms. The summed E-state index contributed by atoms with van der Waals surface area (Å²) in [5.74, 6) is 0. The standard InChI is InChI=1S/C6H11N/c1-5-3-4-6(2)7-5/h3-7H,1-2H3/p+1/t5-,6-/m1/s1. The highest BCUT2D eigenvalue weighted by Gasteiger charge is 2.10. The Morgan fingerprint density at radius 1 is 1.14 bits per heavy atom. The number of hydrogen-bond donors (Lipinski definition) is 1. The molecular formula is C6H12N+. The van der Waals surface area contributed by atoms with E-state index in [9.17, 15) is 0 Å². The third kappa shape index (κ3) is 1.03. The van der Waals surface area contributed by atoms with Crippen LogP contribution in [0.5, 0.6) is 0 Å². The lowest BCUT2D eigenvalue weighted by Crippen LogP contribution is -2.90. The molecule has 7 heavy (non-hydrogen) atoms. The van der Waals surface area contributed by atoms with Gasteiger partial charge in [0, 0.05) is 0 Å². The highest BCUT2D eigenvalue weighted by molar-refractivity contribution is 4.94. The Hall–Kier alpha value is -0.300. The zero-order valence-corrected chi connectivity index (χ0v) is 4.89. The van der Waals surface area contributed by atoms with Crippen molar-refractivity contribution in [2.24, 2.45) is 0 Å². The van der Waals surface area contributed by atoms with Gasteiger partial charge in [-0.05, 0) is 26.0 Å². The lowest BCUT2D eigenvalue weighted by molar-refractivity contribution is -0.688. The molecule has 0 saturated carbocycles. The van der Waals surface area contributed by atoms with Crippen LogP contribution in [-0.4, -0.2) is 12.1 Å². The van der Waals surface area contributed by atoms with Crippen molar-refractivity contribution in [2.45, 2.75) is 25.9 Å². The Kier molecular flexibility index (Phi) is 1.15. The number of hydrogen-bond acceptors (Lipinski definition) is 0. The van der Waals surface area contributed by atoms with E-state index in [-0.39, 0.29) is 0 Å². The molecule has 0 aliphatic carbocycles. The molecule has 0 aromatic rings. The molecule has 1 rings (SSSR count). The molecule has 0 unspecified atom stereocenters. The molecule has 0 amide bonds. The van der Waals surface area contributed by atoms with Crippen LogP contribution in [0, 0.1) is 0 Å². The maximum atomic E-state index is 2.33. The van der Waals surface area contributed by atoms with E-state index in [2.05, 4.69) is 31.3 Å². The molecule has 1 aliphatic heterocycles. The predicted octanol–water partition coefficient (Wildman–Crippen LogP) is -0.103. The summed E-state index contributed by atoms with van der Waals surface area (Å²) in [7, 11) is 0. The van der Waals surface area contributed by atoms with Crippen molar-refractivity contribution >= 4 is 0 Å². The van der Waals surface area contributed by atoms with Crippen molar-refractivity contribution in [3.63, 3.8) is 0 Å². The largest absolute Gasteiger partial charge is 0.335 e. The maximum absolute atomic E-state index is 2.33. The molecule has 1 aliphatic rings. The molecule has 1 heteroatoms. The Morgan fingerprint density at radius 2 is 1.57 bits per heavy atom. The van der Waals surface area contributed by atoms with Crippen LogP contribution in [0.25, 0.3) is 0 Å². The second kappa shape index (κ2) is 1.66. The minimum absolute atomic E-state index is 0.718. The van der Waals surface area contributed by atoms with Crippen LogP contribution < -0.4 is 5.32 Å². The van der Waals surface area contributed by atoms with Crippen LogP contribution in [-0.2, 0) is 0 Å². The average molecular weight is 98.2 g/mol. The monoisotopic (exact) mass is 98.1 g/mol. The molecule has 40 valence electrons. The van der Waals surface area contributed by atoms with E-state index in [4.69, 9.17) is 0 Å². The van der Waals surface area contributed by atoms with Crippen molar-refractivity contribution in [1.29, 1.82) is 0 Å². The van der Waals surface area contributed by atoms with Gasteiger partial charge in [0.25, 0.3) is 0 Å². The van der Waals surface area contributed by atoms with Crippen LogP contribution in [0.3, 0.4) is 0 Å². The zero-order valence-electron chi connectivity index (χ0n) is 4.89. The quantitative estimate of drug-likeness (QED) is 0.407. The van der Waals surface area contributed by atoms with Crippen molar-refractivity contribution in [3.8, 4) is 0 Å². The van der Waals surface area contributed by atoms with E-state index in [0.29, 0.717) is 0 Å². The Bertz CT molecular complexity index is 76.2. The van der Waals surface area contributed by atoms with E-state index in [0.717, 1.165) is 12.1 Å². The van der Waals surface area contributed by atoms with Gasteiger partial charge in [-0.25, -0.2) is 0 Å². The van der Waals surface area contributed by atoms with Gasteiger partial charge in [0.15, 0.2) is 0 Å². The fraction of sp³-hybridized carbons (Fsp3) is 0.667. The normalized spacial score (nSPS) is 39.7. The fourth-order valence-electron chi connectivity index (χ4n) is 0.958. The summed E-state index contributed by atoms with van der Waals surface area (Å²) in [5, 5.41) is 2.33. The molecule has 1 heterocycles. The summed E-state index contributed by atoms with van der Waals surface area (Å²) in [4.78, 5) is 0. The van der Waals surface area contributed by atoms with Gasteiger partial charge in [-0.2, -0.15) is 0 Å². The zero-order chi connectivity index (χ0) is 5.28. The highest BCUT2D eigenvalue weighted by Crippen LogP contribution is 1.88. The predicted molar refractivity (Wildman–Crippen MR) is 30.0 cm³/mol. The van der Waals surface area contributed by atoms with Crippen LogP contribution >= 0.6 is 0 Å². The summed E-state index contributed by atoms with van der Waals surface area (Å²) in [6.45, 7) is 4.42. The Balaban J connectivity index is 2.42. The van der Waals surface area contributed by atoms with Gasteiger partial charge in [0.05, 0.1) is 0 Å². The van der Waals surface area contributed by atoms with Crippen LogP contribution in [0.4, 0.5) is 0 Å². The maximum Gasteiger partial charge on any atom is 0.102 e. The molecule has 0 fully saturated rings. The summed E-state index contributed by atoms with van der Waals surface area (Å²) in [5.41, 5.74) is 0. The Labute approximate surface area is 44.4 Å². The Morgan fingerprint density at radius 3 is 1.71 bits per heavy atom. The molecule has 0 radical (unpaired) electrons. The number of quaternary nitrogens is 1. The first-order valence-electron chi connectivity index (χ1n) is 2.82. The fourth-order valence-corrected chi connectivity index (χ4v) is 0.958. The van der Waals surface area contributed by atoms with Crippen molar-refractivity contribution in [2.75, 3.05) is 0 Å². The topological polar surface area (TPSA) is 16.6 Å². The average Bonchev–Trinajstić information content (AvgIpc) is 1.87. The van der Waals surface area contributed by atoms with Gasteiger partial charge >= 0.3 is 0 Å². The summed E-state index contributed by atoms with van der Waals surface area (Å²) >= 11 is 0. The second-order valence-electron chi connectivity index (χ2n) is 2.30. The summed E-state index contributed by atoms with van der Waals surface area (Å²) in [6.07, 6.45) is 4.48.